The monoisotopic (exact) mass is 568 g/mol. The number of esters is 3. The van der Waals surface area contributed by atoms with Crippen LogP contribution >= 0.6 is 0 Å². The quantitative estimate of drug-likeness (QED) is 0.220. The molecule has 3 rings (SSSR count). The Morgan fingerprint density at radius 1 is 0.650 bits per heavy atom. The first kappa shape index (κ1) is 29.5. The fourth-order valence-corrected chi connectivity index (χ4v) is 4.40. The molecule has 0 radical (unpaired) electrons. The van der Waals surface area contributed by atoms with Gasteiger partial charge in [-0.25, -0.2) is 8.42 Å². The van der Waals surface area contributed by atoms with E-state index in [1.54, 1.807) is 12.1 Å². The van der Waals surface area contributed by atoms with Crippen molar-refractivity contribution in [3.8, 4) is 17.2 Å². The van der Waals surface area contributed by atoms with E-state index in [-0.39, 0.29) is 44.9 Å². The molecule has 12 nitrogen and oxygen atoms in total. The number of carbonyl (C=O) groups excluding carboxylic acids is 5. The molecule has 0 aliphatic heterocycles. The van der Waals surface area contributed by atoms with Crippen LogP contribution in [0.5, 0.6) is 17.2 Å². The number of carbonyl (C=O) groups is 5. The minimum atomic E-state index is -4.01. The van der Waals surface area contributed by atoms with Crippen LogP contribution in [0.4, 0.5) is 11.4 Å². The summed E-state index contributed by atoms with van der Waals surface area (Å²) in [6.45, 7) is 4.61. The molecule has 0 spiro atoms. The molecule has 0 fully saturated rings. The lowest BCUT2D eigenvalue weighted by Crippen LogP contribution is -2.16. The maximum absolute atomic E-state index is 13.0. The molecule has 0 atom stereocenters. The van der Waals surface area contributed by atoms with Gasteiger partial charge in [-0.15, -0.1) is 0 Å². The van der Waals surface area contributed by atoms with Crippen molar-refractivity contribution >= 4 is 51.0 Å². The van der Waals surface area contributed by atoms with Crippen molar-refractivity contribution in [2.24, 2.45) is 0 Å². The largest absolute Gasteiger partial charge is 0.423 e. The minimum Gasteiger partial charge on any atom is -0.423 e. The molecule has 0 saturated heterocycles. The Morgan fingerprint density at radius 3 is 1.70 bits per heavy atom. The summed E-state index contributed by atoms with van der Waals surface area (Å²) in [5.41, 5.74) is 0.615. The van der Waals surface area contributed by atoms with Gasteiger partial charge in [0.25, 0.3) is 15.9 Å². The van der Waals surface area contributed by atoms with Crippen LogP contribution in [0.2, 0.25) is 0 Å². The van der Waals surface area contributed by atoms with E-state index in [1.807, 2.05) is 0 Å². The summed E-state index contributed by atoms with van der Waals surface area (Å²) in [5, 5.41) is 2.55. The molecule has 2 N–H and O–H groups in total. The summed E-state index contributed by atoms with van der Waals surface area (Å²) in [7, 11) is -4.01. The first-order chi connectivity index (χ1) is 18.7. The third-order valence-corrected chi connectivity index (χ3v) is 6.38. The van der Waals surface area contributed by atoms with Crippen molar-refractivity contribution < 1.29 is 46.6 Å². The number of benzene rings is 3. The van der Waals surface area contributed by atoms with Crippen molar-refractivity contribution in [1.29, 1.82) is 0 Å². The highest BCUT2D eigenvalue weighted by molar-refractivity contribution is 7.92. The predicted molar refractivity (Wildman–Crippen MR) is 142 cm³/mol. The number of rotatable bonds is 9. The van der Waals surface area contributed by atoms with E-state index in [0.29, 0.717) is 5.56 Å². The molecule has 3 aromatic carbocycles. The second-order valence-electron chi connectivity index (χ2n) is 8.30. The van der Waals surface area contributed by atoms with Gasteiger partial charge in [-0.05, 0) is 55.5 Å². The third kappa shape index (κ3) is 7.74. The summed E-state index contributed by atoms with van der Waals surface area (Å²) < 4.78 is 43.1. The molecule has 3 aromatic rings. The van der Waals surface area contributed by atoms with E-state index in [2.05, 4.69) is 10.0 Å². The molecule has 40 heavy (non-hydrogen) atoms. The van der Waals surface area contributed by atoms with Gasteiger partial charge < -0.3 is 19.5 Å². The lowest BCUT2D eigenvalue weighted by Gasteiger charge is -2.15. The summed E-state index contributed by atoms with van der Waals surface area (Å²) in [6, 6.07) is 13.4. The van der Waals surface area contributed by atoms with Crippen molar-refractivity contribution in [1.82, 2.24) is 0 Å². The van der Waals surface area contributed by atoms with Crippen LogP contribution in [0.25, 0.3) is 0 Å². The van der Waals surface area contributed by atoms with Crippen LogP contribution in [0, 0.1) is 0 Å². The van der Waals surface area contributed by atoms with Crippen LogP contribution in [0.3, 0.4) is 0 Å². The smallest absolute Gasteiger partial charge is 0.308 e. The van der Waals surface area contributed by atoms with Gasteiger partial charge in [0.2, 0.25) is 5.75 Å². The number of ketones is 1. The molecule has 0 aliphatic carbocycles. The van der Waals surface area contributed by atoms with Gasteiger partial charge in [0.15, 0.2) is 17.3 Å². The number of Topliss-reactive ketones (excluding diaryl/α,β-unsaturated/α-hetero) is 1. The van der Waals surface area contributed by atoms with Crippen LogP contribution in [0.15, 0.2) is 65.6 Å². The van der Waals surface area contributed by atoms with E-state index in [9.17, 15) is 32.4 Å². The number of ether oxygens (including phenoxy) is 3. The molecule has 0 aliphatic rings. The average Bonchev–Trinajstić information content (AvgIpc) is 2.85. The second-order valence-corrected chi connectivity index (χ2v) is 9.99. The van der Waals surface area contributed by atoms with E-state index >= 15 is 0 Å². The van der Waals surface area contributed by atoms with Crippen molar-refractivity contribution in [3.05, 3.63) is 71.8 Å². The molecule has 0 saturated carbocycles. The van der Waals surface area contributed by atoms with Gasteiger partial charge in [0.1, 0.15) is 0 Å². The lowest BCUT2D eigenvalue weighted by molar-refractivity contribution is -0.135. The van der Waals surface area contributed by atoms with Crippen LogP contribution < -0.4 is 24.2 Å². The maximum Gasteiger partial charge on any atom is 0.308 e. The fourth-order valence-electron chi connectivity index (χ4n) is 3.35. The first-order valence-corrected chi connectivity index (χ1v) is 13.0. The summed E-state index contributed by atoms with van der Waals surface area (Å²) in [5.74, 6) is -4.40. The molecule has 0 unspecified atom stereocenters. The number of nitrogens with one attached hydrogen (secondary N) is 2. The Bertz CT molecular complexity index is 1580. The SMILES string of the molecule is CC(=O)Oc1cc(C(=O)Nc2ccc(S(=O)(=O)Nc3cccc(C(C)=O)c3)cc2)cc(OC(C)=O)c1OC(C)=O. The van der Waals surface area contributed by atoms with Gasteiger partial charge >= 0.3 is 17.9 Å². The normalized spacial score (nSPS) is 10.7. The lowest BCUT2D eigenvalue weighted by atomic mass is 10.1. The Hall–Kier alpha value is -5.04. The van der Waals surface area contributed by atoms with Crippen LogP contribution in [-0.2, 0) is 24.4 Å². The zero-order chi connectivity index (χ0) is 29.6. The zero-order valence-corrected chi connectivity index (χ0v) is 22.6. The second kappa shape index (κ2) is 12.2. The molecule has 13 heteroatoms. The van der Waals surface area contributed by atoms with Gasteiger partial charge in [-0.3, -0.25) is 28.7 Å². The number of amides is 1. The van der Waals surface area contributed by atoms with Crippen LogP contribution in [-0.4, -0.2) is 38.0 Å². The van der Waals surface area contributed by atoms with Crippen LogP contribution in [0.1, 0.15) is 48.4 Å². The topological polar surface area (TPSA) is 171 Å². The molecule has 0 aromatic heterocycles. The summed E-state index contributed by atoms with van der Waals surface area (Å²) in [4.78, 5) is 59.2. The van der Waals surface area contributed by atoms with Gasteiger partial charge in [0.05, 0.1) is 4.90 Å². The Morgan fingerprint density at radius 2 is 1.20 bits per heavy atom. The Labute approximate surface area is 229 Å². The predicted octanol–water partition coefficient (Wildman–Crippen LogP) is 3.72. The first-order valence-electron chi connectivity index (χ1n) is 11.5. The molecule has 208 valence electrons. The summed E-state index contributed by atoms with van der Waals surface area (Å²) in [6.07, 6.45) is 0. The van der Waals surface area contributed by atoms with E-state index in [4.69, 9.17) is 14.2 Å². The third-order valence-electron chi connectivity index (χ3n) is 4.98. The van der Waals surface area contributed by atoms with Crippen molar-refractivity contribution in [2.45, 2.75) is 32.6 Å². The molecule has 0 heterocycles. The standard InChI is InChI=1S/C27H24N2O10S/c1-15(30)19-6-5-7-22(12-19)29-40(35,36)23-10-8-21(9-11-23)28-27(34)20-13-24(37-16(2)31)26(39-18(4)33)25(14-20)38-17(3)32/h5-14,29H,1-4H3,(H,28,34). The van der Waals surface area contributed by atoms with E-state index in [1.165, 1.54) is 43.3 Å². The van der Waals surface area contributed by atoms with Gasteiger partial charge in [-0.2, -0.15) is 0 Å². The summed E-state index contributed by atoms with van der Waals surface area (Å²) >= 11 is 0. The Kier molecular flexibility index (Phi) is 9.01. The molecular weight excluding hydrogens is 544 g/mol. The highest BCUT2D eigenvalue weighted by atomic mass is 32.2. The number of hydrogen-bond donors (Lipinski definition) is 2. The van der Waals surface area contributed by atoms with Gasteiger partial charge in [0, 0.05) is 43.3 Å². The highest BCUT2D eigenvalue weighted by Gasteiger charge is 2.23. The average molecular weight is 569 g/mol. The maximum atomic E-state index is 13.0. The van der Waals surface area contributed by atoms with E-state index in [0.717, 1.165) is 32.9 Å². The van der Waals surface area contributed by atoms with Crippen molar-refractivity contribution in [3.63, 3.8) is 0 Å². The molecule has 1 amide bonds. The van der Waals surface area contributed by atoms with Gasteiger partial charge in [-0.1, -0.05) is 12.1 Å². The Balaban J connectivity index is 1.86. The number of hydrogen-bond acceptors (Lipinski definition) is 10. The molecular formula is C27H24N2O10S. The molecule has 0 bridgehead atoms. The fraction of sp³-hybridized carbons (Fsp3) is 0.148. The van der Waals surface area contributed by atoms with E-state index < -0.39 is 33.8 Å². The zero-order valence-electron chi connectivity index (χ0n) is 21.8. The highest BCUT2D eigenvalue weighted by Crippen LogP contribution is 2.39. The number of anilines is 2. The minimum absolute atomic E-state index is 0.112. The van der Waals surface area contributed by atoms with Crippen molar-refractivity contribution in [2.75, 3.05) is 10.0 Å². The number of sulfonamides is 1.